The fraction of sp³-hybridized carbons (Fsp3) is 1.00. The van der Waals surface area contributed by atoms with Crippen LogP contribution in [0.3, 0.4) is 0 Å². The Morgan fingerprint density at radius 2 is 1.36 bits per heavy atom. The third-order valence-corrected chi connectivity index (χ3v) is 2.63. The summed E-state index contributed by atoms with van der Waals surface area (Å²) >= 11 is 0. The van der Waals surface area contributed by atoms with Gasteiger partial charge in [-0.2, -0.15) is 0 Å². The molecule has 0 aromatic rings. The van der Waals surface area contributed by atoms with Crippen LogP contribution in [-0.2, 0) is 0 Å². The second-order valence-electron chi connectivity index (χ2n) is 3.29. The van der Waals surface area contributed by atoms with Gasteiger partial charge in [0.05, 0.1) is 0 Å². The Kier molecular flexibility index (Phi) is 5.57. The van der Waals surface area contributed by atoms with E-state index in [1.807, 2.05) is 13.8 Å². The normalized spacial score (nSPS) is 32.5. The van der Waals surface area contributed by atoms with E-state index in [9.17, 15) is 0 Å². The number of nitrogens with zero attached hydrogens (tertiary/aromatic N) is 1. The smallest absolute Gasteiger partial charge is 0.00667 e. The van der Waals surface area contributed by atoms with Crippen molar-refractivity contribution in [2.24, 2.45) is 0 Å². The van der Waals surface area contributed by atoms with Crippen LogP contribution in [0.25, 0.3) is 0 Å². The van der Waals surface area contributed by atoms with Crippen LogP contribution in [0.2, 0.25) is 0 Å². The first-order chi connectivity index (χ1) is 5.22. The lowest BCUT2D eigenvalue weighted by molar-refractivity contribution is 0.138. The molecule has 1 heteroatoms. The van der Waals surface area contributed by atoms with E-state index in [4.69, 9.17) is 0 Å². The molecule has 11 heavy (non-hydrogen) atoms. The molecule has 0 bridgehead atoms. The van der Waals surface area contributed by atoms with Gasteiger partial charge in [0.25, 0.3) is 0 Å². The number of piperidine rings is 1. The van der Waals surface area contributed by atoms with Crippen molar-refractivity contribution in [3.8, 4) is 0 Å². The average Bonchev–Trinajstić information content (AvgIpc) is 2.04. The highest BCUT2D eigenvalue weighted by atomic mass is 15.2. The summed E-state index contributed by atoms with van der Waals surface area (Å²) in [6.07, 6.45) is 4.20. The largest absolute Gasteiger partial charge is 0.301 e. The van der Waals surface area contributed by atoms with Crippen LogP contribution in [-0.4, -0.2) is 24.0 Å². The van der Waals surface area contributed by atoms with E-state index in [-0.39, 0.29) is 0 Å². The molecule has 68 valence electrons. The van der Waals surface area contributed by atoms with Gasteiger partial charge in [0, 0.05) is 12.1 Å². The molecule has 0 aliphatic carbocycles. The van der Waals surface area contributed by atoms with Gasteiger partial charge < -0.3 is 4.90 Å². The van der Waals surface area contributed by atoms with Gasteiger partial charge in [-0.3, -0.25) is 0 Å². The van der Waals surface area contributed by atoms with Crippen LogP contribution in [0.15, 0.2) is 0 Å². The second-order valence-corrected chi connectivity index (χ2v) is 3.29. The highest BCUT2D eigenvalue weighted by Gasteiger charge is 2.19. The van der Waals surface area contributed by atoms with Gasteiger partial charge >= 0.3 is 0 Å². The molecule has 1 heterocycles. The summed E-state index contributed by atoms with van der Waals surface area (Å²) in [4.78, 5) is 2.48. The molecule has 1 nitrogen and oxygen atoms in total. The maximum atomic E-state index is 2.48. The highest BCUT2D eigenvalue weighted by molar-refractivity contribution is 4.75. The van der Waals surface area contributed by atoms with Gasteiger partial charge in [0.2, 0.25) is 0 Å². The lowest BCUT2D eigenvalue weighted by Gasteiger charge is -2.35. The van der Waals surface area contributed by atoms with Gasteiger partial charge in [-0.05, 0) is 33.7 Å². The summed E-state index contributed by atoms with van der Waals surface area (Å²) in [5, 5.41) is 0. The predicted molar refractivity (Wildman–Crippen MR) is 51.9 cm³/mol. The van der Waals surface area contributed by atoms with E-state index < -0.39 is 0 Å². The van der Waals surface area contributed by atoms with Crippen LogP contribution >= 0.6 is 0 Å². The third kappa shape index (κ3) is 3.24. The monoisotopic (exact) mass is 157 g/mol. The molecule has 1 aliphatic heterocycles. The average molecular weight is 157 g/mol. The molecule has 1 rings (SSSR count). The van der Waals surface area contributed by atoms with Gasteiger partial charge in [-0.15, -0.1) is 0 Å². The number of likely N-dealkylation sites (tertiary alicyclic amines) is 1. The molecule has 0 N–H and O–H groups in total. The summed E-state index contributed by atoms with van der Waals surface area (Å²) in [5.41, 5.74) is 0. The van der Waals surface area contributed by atoms with Gasteiger partial charge in [0.15, 0.2) is 0 Å². The Morgan fingerprint density at radius 1 is 1.00 bits per heavy atom. The van der Waals surface area contributed by atoms with Crippen LogP contribution in [0.1, 0.15) is 47.0 Å². The zero-order chi connectivity index (χ0) is 8.85. The molecule has 0 unspecified atom stereocenters. The van der Waals surface area contributed by atoms with Crippen molar-refractivity contribution < 1.29 is 0 Å². The van der Waals surface area contributed by atoms with Crippen molar-refractivity contribution in [3.05, 3.63) is 0 Å². The first kappa shape index (κ1) is 11.0. The Labute approximate surface area is 71.8 Å². The summed E-state index contributed by atoms with van der Waals surface area (Å²) in [6, 6.07) is 1.63. The molecule has 0 saturated carbocycles. The van der Waals surface area contributed by atoms with Crippen molar-refractivity contribution in [2.75, 3.05) is 7.05 Å². The zero-order valence-electron chi connectivity index (χ0n) is 8.72. The van der Waals surface area contributed by atoms with Crippen LogP contribution in [0.5, 0.6) is 0 Å². The molecular formula is C10H23N. The van der Waals surface area contributed by atoms with E-state index >= 15 is 0 Å². The lowest BCUT2D eigenvalue weighted by atomic mass is 9.99. The quantitative estimate of drug-likeness (QED) is 0.522. The fourth-order valence-electron chi connectivity index (χ4n) is 1.55. The van der Waals surface area contributed by atoms with Crippen LogP contribution in [0.4, 0.5) is 0 Å². The van der Waals surface area contributed by atoms with Crippen molar-refractivity contribution in [1.82, 2.24) is 4.90 Å². The van der Waals surface area contributed by atoms with E-state index in [1.165, 1.54) is 19.3 Å². The number of rotatable bonds is 0. The molecule has 1 saturated heterocycles. The Hall–Kier alpha value is -0.0400. The summed E-state index contributed by atoms with van der Waals surface area (Å²) < 4.78 is 0. The molecule has 0 spiro atoms. The highest BCUT2D eigenvalue weighted by Crippen LogP contribution is 2.19. The van der Waals surface area contributed by atoms with Crippen LogP contribution < -0.4 is 0 Å². The molecule has 0 aromatic carbocycles. The molecule has 0 amide bonds. The molecule has 0 radical (unpaired) electrons. The molecule has 0 aromatic heterocycles. The molecule has 1 fully saturated rings. The Morgan fingerprint density at radius 3 is 1.64 bits per heavy atom. The minimum atomic E-state index is 0.814. The Balaban J connectivity index is 0.000000461. The predicted octanol–water partition coefficient (Wildman–Crippen LogP) is 2.91. The minimum absolute atomic E-state index is 0.814. The molecule has 2 atom stereocenters. The Bertz CT molecular complexity index is 80.9. The summed E-state index contributed by atoms with van der Waals surface area (Å²) in [6.45, 7) is 8.63. The molecular weight excluding hydrogens is 134 g/mol. The van der Waals surface area contributed by atoms with E-state index in [0.29, 0.717) is 0 Å². The van der Waals surface area contributed by atoms with E-state index in [2.05, 4.69) is 25.8 Å². The van der Waals surface area contributed by atoms with Crippen LogP contribution in [0, 0.1) is 0 Å². The summed E-state index contributed by atoms with van der Waals surface area (Å²) in [7, 11) is 2.23. The zero-order valence-corrected chi connectivity index (χ0v) is 8.72. The van der Waals surface area contributed by atoms with Crippen molar-refractivity contribution in [3.63, 3.8) is 0 Å². The maximum absolute atomic E-state index is 2.48. The SMILES string of the molecule is CC.C[C@@H]1CCC[C@H](C)N1C. The standard InChI is InChI=1S/C8H17N.C2H6/c1-7-5-4-6-8(2)9(7)3;1-2/h7-8H,4-6H2,1-3H3;1-2H3/t7-,8+;. The number of hydrogen-bond acceptors (Lipinski definition) is 1. The molecule has 1 aliphatic rings. The van der Waals surface area contributed by atoms with Gasteiger partial charge in [0.1, 0.15) is 0 Å². The van der Waals surface area contributed by atoms with Gasteiger partial charge in [-0.1, -0.05) is 20.3 Å². The topological polar surface area (TPSA) is 3.24 Å². The van der Waals surface area contributed by atoms with Crippen molar-refractivity contribution >= 4 is 0 Å². The van der Waals surface area contributed by atoms with E-state index in [0.717, 1.165) is 12.1 Å². The maximum Gasteiger partial charge on any atom is 0.00667 e. The van der Waals surface area contributed by atoms with E-state index in [1.54, 1.807) is 0 Å². The lowest BCUT2D eigenvalue weighted by Crippen LogP contribution is -2.40. The second kappa shape index (κ2) is 5.59. The number of hydrogen-bond donors (Lipinski definition) is 0. The third-order valence-electron chi connectivity index (χ3n) is 2.63. The van der Waals surface area contributed by atoms with Gasteiger partial charge in [-0.25, -0.2) is 0 Å². The van der Waals surface area contributed by atoms with Crippen molar-refractivity contribution in [1.29, 1.82) is 0 Å². The van der Waals surface area contributed by atoms with Crippen molar-refractivity contribution in [2.45, 2.75) is 59.0 Å². The fourth-order valence-corrected chi connectivity index (χ4v) is 1.55. The minimum Gasteiger partial charge on any atom is -0.301 e. The summed E-state index contributed by atoms with van der Waals surface area (Å²) in [5.74, 6) is 0. The first-order valence-corrected chi connectivity index (χ1v) is 4.93. The first-order valence-electron chi connectivity index (χ1n) is 4.93.